The molecule has 0 aromatic rings. The molecule has 81 heavy (non-hydrogen) atoms. The average Bonchev–Trinajstić information content (AvgIpc) is 3.47. The molecule has 0 saturated carbocycles. The Bertz CT molecular complexity index is 1950. The van der Waals surface area contributed by atoms with Crippen molar-refractivity contribution in [2.45, 2.75) is 245 Å². The van der Waals surface area contributed by atoms with Crippen LogP contribution in [0, 0.1) is 0 Å². The molecule has 1 unspecified atom stereocenters. The predicted molar refractivity (Wildman–Crippen MR) is 352 cm³/mol. The average molecular weight is 1110 g/mol. The van der Waals surface area contributed by atoms with Gasteiger partial charge in [0.2, 0.25) is 0 Å². The van der Waals surface area contributed by atoms with Gasteiger partial charge in [0.1, 0.15) is 13.2 Å². The van der Waals surface area contributed by atoms with E-state index in [1.165, 1.54) is 64.2 Å². The zero-order chi connectivity index (χ0) is 58.5. The Morgan fingerprint density at radius 2 is 0.506 bits per heavy atom. The second kappa shape index (κ2) is 66.8. The van der Waals surface area contributed by atoms with E-state index in [4.69, 9.17) is 14.2 Å². The van der Waals surface area contributed by atoms with E-state index in [1.54, 1.807) is 6.08 Å². The number of esters is 3. The first kappa shape index (κ1) is 75.2. The maximum absolute atomic E-state index is 12.9. The van der Waals surface area contributed by atoms with Crippen LogP contribution in [0.25, 0.3) is 0 Å². The number of carbonyl (C=O) groups is 3. The van der Waals surface area contributed by atoms with Crippen molar-refractivity contribution in [2.24, 2.45) is 0 Å². The van der Waals surface area contributed by atoms with Crippen LogP contribution < -0.4 is 0 Å². The molecule has 0 N–H and O–H groups in total. The van der Waals surface area contributed by atoms with Crippen molar-refractivity contribution >= 4 is 17.9 Å². The van der Waals surface area contributed by atoms with Crippen LogP contribution >= 0.6 is 0 Å². The molecule has 1 atom stereocenters. The zero-order valence-electron chi connectivity index (χ0n) is 51.5. The van der Waals surface area contributed by atoms with Gasteiger partial charge in [0.05, 0.1) is 6.42 Å². The van der Waals surface area contributed by atoms with E-state index in [2.05, 4.69) is 203 Å². The van der Waals surface area contributed by atoms with Gasteiger partial charge in [-0.05, 0) is 135 Å². The molecule has 6 heteroatoms. The number of hydrogen-bond donors (Lipinski definition) is 0. The first-order valence-corrected chi connectivity index (χ1v) is 31.9. The minimum atomic E-state index is -0.860. The normalized spacial score (nSPS) is 13.5. The minimum Gasteiger partial charge on any atom is -0.462 e. The molecule has 0 aromatic carbocycles. The van der Waals surface area contributed by atoms with Gasteiger partial charge in [-0.3, -0.25) is 14.4 Å². The van der Waals surface area contributed by atoms with E-state index >= 15 is 0 Å². The Hall–Kier alpha value is -5.75. The van der Waals surface area contributed by atoms with E-state index in [0.29, 0.717) is 19.3 Å². The third-order valence-electron chi connectivity index (χ3n) is 12.6. The third kappa shape index (κ3) is 64.9. The molecule has 0 amide bonds. The van der Waals surface area contributed by atoms with Gasteiger partial charge in [0.15, 0.2) is 6.10 Å². The fourth-order valence-corrected chi connectivity index (χ4v) is 7.97. The number of hydrogen-bond acceptors (Lipinski definition) is 6. The van der Waals surface area contributed by atoms with E-state index in [1.807, 2.05) is 6.08 Å². The molecule has 0 aromatic heterocycles. The van der Waals surface area contributed by atoms with E-state index in [0.717, 1.165) is 122 Å². The van der Waals surface area contributed by atoms with Gasteiger partial charge in [0.25, 0.3) is 0 Å². The van der Waals surface area contributed by atoms with Crippen LogP contribution in [0.5, 0.6) is 0 Å². The van der Waals surface area contributed by atoms with Gasteiger partial charge in [-0.2, -0.15) is 0 Å². The number of ether oxygens (including phenoxy) is 3. The SMILES string of the molecule is CC/C=C\C/C=C\C/C=C\C/C=C\C/C=C\C/C=C\CCCCCCCCCCCCCCC(=O)OCC(COC(=O)C/C=C\C/C=C\C/C=C\C/C=C\C/C=C\CC)OC(=O)CCC/C=C\C/C=C\C/C=C\C/C=C\C/C=C\CC. The molecule has 0 aliphatic heterocycles. The summed E-state index contributed by atoms with van der Waals surface area (Å²) in [6, 6.07) is 0. The largest absolute Gasteiger partial charge is 0.462 e. The Kier molecular flexibility index (Phi) is 62.0. The highest BCUT2D eigenvalue weighted by molar-refractivity contribution is 5.72. The summed E-state index contributed by atoms with van der Waals surface area (Å²) in [5, 5.41) is 0. The highest BCUT2D eigenvalue weighted by atomic mass is 16.6. The summed E-state index contributed by atoms with van der Waals surface area (Å²) in [6.07, 6.45) is 102. The van der Waals surface area contributed by atoms with Crippen molar-refractivity contribution in [1.29, 1.82) is 0 Å². The van der Waals surface area contributed by atoms with Crippen molar-refractivity contribution in [3.63, 3.8) is 0 Å². The van der Waals surface area contributed by atoms with Gasteiger partial charge in [-0.15, -0.1) is 0 Å². The summed E-state index contributed by atoms with van der Waals surface area (Å²) < 4.78 is 16.7. The Morgan fingerprint density at radius 3 is 0.840 bits per heavy atom. The van der Waals surface area contributed by atoms with Crippen LogP contribution in [0.4, 0.5) is 0 Å². The smallest absolute Gasteiger partial charge is 0.309 e. The van der Waals surface area contributed by atoms with Crippen molar-refractivity contribution in [1.82, 2.24) is 0 Å². The second-order valence-corrected chi connectivity index (χ2v) is 20.2. The van der Waals surface area contributed by atoms with Crippen molar-refractivity contribution in [3.05, 3.63) is 194 Å². The number of allylic oxidation sites excluding steroid dienone is 31. The lowest BCUT2D eigenvalue weighted by Gasteiger charge is -2.18. The van der Waals surface area contributed by atoms with Crippen LogP contribution in [0.15, 0.2) is 194 Å². The fraction of sp³-hybridized carbons (Fsp3) is 0.533. The van der Waals surface area contributed by atoms with Crippen molar-refractivity contribution in [2.75, 3.05) is 13.2 Å². The molecule has 0 fully saturated rings. The summed E-state index contributed by atoms with van der Waals surface area (Å²) >= 11 is 0. The quantitative estimate of drug-likeness (QED) is 0.0261. The maximum Gasteiger partial charge on any atom is 0.309 e. The molecule has 450 valence electrons. The lowest BCUT2D eigenvalue weighted by atomic mass is 10.0. The van der Waals surface area contributed by atoms with Gasteiger partial charge < -0.3 is 14.2 Å². The van der Waals surface area contributed by atoms with E-state index in [9.17, 15) is 14.4 Å². The molecular weight excluding hydrogens is 997 g/mol. The molecule has 0 bridgehead atoms. The molecule has 6 nitrogen and oxygen atoms in total. The third-order valence-corrected chi connectivity index (χ3v) is 12.6. The van der Waals surface area contributed by atoms with Gasteiger partial charge >= 0.3 is 17.9 Å². The van der Waals surface area contributed by atoms with Crippen LogP contribution in [-0.2, 0) is 28.6 Å². The zero-order valence-corrected chi connectivity index (χ0v) is 51.5. The van der Waals surface area contributed by atoms with Crippen LogP contribution in [-0.4, -0.2) is 37.2 Å². The maximum atomic E-state index is 12.9. The number of rotatable bonds is 55. The predicted octanol–water partition coefficient (Wildman–Crippen LogP) is 22.2. The summed E-state index contributed by atoms with van der Waals surface area (Å²) in [5.41, 5.74) is 0. The van der Waals surface area contributed by atoms with Gasteiger partial charge in [-0.1, -0.05) is 279 Å². The monoisotopic (exact) mass is 1110 g/mol. The Morgan fingerprint density at radius 1 is 0.259 bits per heavy atom. The lowest BCUT2D eigenvalue weighted by Crippen LogP contribution is -2.30. The Balaban J connectivity index is 4.43. The first-order valence-electron chi connectivity index (χ1n) is 31.9. The highest BCUT2D eigenvalue weighted by Gasteiger charge is 2.19. The fourth-order valence-electron chi connectivity index (χ4n) is 7.97. The molecule has 0 spiro atoms. The lowest BCUT2D eigenvalue weighted by molar-refractivity contribution is -0.166. The first-order chi connectivity index (χ1) is 40.0. The van der Waals surface area contributed by atoms with Crippen LogP contribution in [0.1, 0.15) is 239 Å². The minimum absolute atomic E-state index is 0.105. The summed E-state index contributed by atoms with van der Waals surface area (Å²) in [5.74, 6) is -1.15. The molecule has 0 rings (SSSR count). The molecular formula is C75H114O6. The summed E-state index contributed by atoms with van der Waals surface area (Å²) in [6.45, 7) is 6.14. The van der Waals surface area contributed by atoms with Crippen molar-refractivity contribution in [3.8, 4) is 0 Å². The topological polar surface area (TPSA) is 78.9 Å². The molecule has 0 saturated heterocycles. The Labute approximate surface area is 497 Å². The standard InChI is InChI=1S/C75H114O6/c1-4-7-10-13-16-19-22-25-28-30-31-32-33-34-35-36-37-38-39-40-41-42-43-45-47-50-53-56-59-62-65-68-74(77)80-71-72(70-79-73(76)67-64-61-58-55-52-49-46-27-24-21-18-15-12-9-6-3)81-75(78)69-66-63-60-57-54-51-48-44-29-26-23-20-17-14-11-8-5-2/h7-12,16-21,25-29,31-32,34-35,37-38,46,48,51-52,55,57,60-61,64,72H,4-6,13-15,22-24,30,33,36,39-45,47,49-50,53-54,56,58-59,62-63,65-71H2,1-3H3/b10-7-,11-8-,12-9-,19-16-,20-17-,21-18-,28-25-,29-26-,32-31-,35-34-,38-37-,46-27-,51-48-,55-52-,60-57-,64-61-. The highest BCUT2D eigenvalue weighted by Crippen LogP contribution is 2.14. The molecule has 0 heterocycles. The number of unbranched alkanes of at least 4 members (excludes halogenated alkanes) is 13. The van der Waals surface area contributed by atoms with Crippen molar-refractivity contribution < 1.29 is 28.6 Å². The van der Waals surface area contributed by atoms with Crippen LogP contribution in [0.3, 0.4) is 0 Å². The van der Waals surface area contributed by atoms with Gasteiger partial charge in [0, 0.05) is 12.8 Å². The second-order valence-electron chi connectivity index (χ2n) is 20.2. The number of carbonyl (C=O) groups excluding carboxylic acids is 3. The molecule has 0 aliphatic rings. The van der Waals surface area contributed by atoms with Gasteiger partial charge in [-0.25, -0.2) is 0 Å². The molecule has 0 radical (unpaired) electrons. The molecule has 0 aliphatic carbocycles. The summed E-state index contributed by atoms with van der Waals surface area (Å²) in [7, 11) is 0. The van der Waals surface area contributed by atoms with E-state index < -0.39 is 18.0 Å². The summed E-state index contributed by atoms with van der Waals surface area (Å²) in [4.78, 5) is 38.2. The van der Waals surface area contributed by atoms with Crippen LogP contribution in [0.2, 0.25) is 0 Å². The van der Waals surface area contributed by atoms with E-state index in [-0.39, 0.29) is 32.0 Å².